The predicted octanol–water partition coefficient (Wildman–Crippen LogP) is 15.5. The number of fused-ring (bicyclic) bond motifs is 8. The van der Waals surface area contributed by atoms with Crippen LogP contribution in [0.4, 0.5) is 0 Å². The van der Waals surface area contributed by atoms with Crippen molar-refractivity contribution in [3.8, 4) is 44.5 Å². The van der Waals surface area contributed by atoms with Gasteiger partial charge in [-0.3, -0.25) is 0 Å². The zero-order valence-electron chi connectivity index (χ0n) is 33.5. The molecule has 9 rings (SSSR count). The van der Waals surface area contributed by atoms with Crippen LogP contribution in [0.5, 0.6) is 0 Å². The molecule has 2 aliphatic heterocycles. The molecule has 0 spiro atoms. The van der Waals surface area contributed by atoms with Crippen molar-refractivity contribution in [3.05, 3.63) is 164 Å². The number of aromatic nitrogens is 4. The average Bonchev–Trinajstić information content (AvgIpc) is 4.10. The number of nitrogens with zero attached hydrogens (tertiary/aromatic N) is 2. The van der Waals surface area contributed by atoms with Crippen LogP contribution < -0.4 is 0 Å². The molecule has 0 saturated heterocycles. The molecule has 288 valence electrons. The van der Waals surface area contributed by atoms with Gasteiger partial charge in [-0.15, -0.1) is 0 Å². The minimum absolute atomic E-state index is 0. The summed E-state index contributed by atoms with van der Waals surface area (Å²) in [4.78, 5) is 18.7. The molecule has 4 aromatic carbocycles. The molecule has 5 heterocycles. The van der Waals surface area contributed by atoms with E-state index in [9.17, 15) is 0 Å². The second-order valence-corrected chi connectivity index (χ2v) is 16.9. The van der Waals surface area contributed by atoms with Gasteiger partial charge in [-0.05, 0) is 132 Å². The van der Waals surface area contributed by atoms with Crippen molar-refractivity contribution >= 4 is 78.2 Å². The topological polar surface area (TPSA) is 57.4 Å². The molecule has 7 aromatic rings. The van der Waals surface area contributed by atoms with Crippen molar-refractivity contribution in [3.63, 3.8) is 0 Å². The standard InChI is InChI=1S/C52H44Br2N4.Zn/c1-3-5-7-33-9-13-35(14-10-33)49-41-25-29-45(55-41)51(37-17-21-39(53)22-18-37)47-31-27-43(57-47)50(36-15-11-34(12-16-36)8-6-4-2)44-28-32-48(58-44)52(46-30-26-42(49)56-46)38-19-23-40(54)24-20-38;/h9-32,55,58H,3-8H2,1-2H3;. The van der Waals surface area contributed by atoms with E-state index in [0.717, 1.165) is 111 Å². The molecule has 0 unspecified atom stereocenters. The van der Waals surface area contributed by atoms with Gasteiger partial charge in [0, 0.05) is 72.7 Å². The molecule has 0 amide bonds. The van der Waals surface area contributed by atoms with E-state index in [2.05, 4.69) is 201 Å². The van der Waals surface area contributed by atoms with Crippen LogP contribution >= 0.6 is 31.9 Å². The Bertz CT molecular complexity index is 2650. The number of halogens is 2. The van der Waals surface area contributed by atoms with E-state index in [-0.39, 0.29) is 19.5 Å². The van der Waals surface area contributed by atoms with Gasteiger partial charge in [0.25, 0.3) is 0 Å². The Morgan fingerprint density at radius 2 is 0.661 bits per heavy atom. The smallest absolute Gasteiger partial charge is 0.0737 e. The predicted molar refractivity (Wildman–Crippen MR) is 253 cm³/mol. The maximum absolute atomic E-state index is 5.47. The first-order valence-electron chi connectivity index (χ1n) is 20.3. The number of nitrogens with one attached hydrogen (secondary N) is 2. The molecule has 2 N–H and O–H groups in total. The first-order valence-corrected chi connectivity index (χ1v) is 21.9. The van der Waals surface area contributed by atoms with E-state index >= 15 is 0 Å². The van der Waals surface area contributed by atoms with Crippen molar-refractivity contribution in [2.24, 2.45) is 0 Å². The van der Waals surface area contributed by atoms with E-state index in [1.54, 1.807) is 0 Å². The Balaban J connectivity index is 0.00000484. The van der Waals surface area contributed by atoms with Crippen LogP contribution in [0.25, 0.3) is 90.9 Å². The van der Waals surface area contributed by atoms with Crippen LogP contribution in [0.1, 0.15) is 73.4 Å². The van der Waals surface area contributed by atoms with Gasteiger partial charge in [-0.25, -0.2) is 9.97 Å². The normalized spacial score (nSPS) is 11.9. The first kappa shape index (κ1) is 40.8. The number of benzene rings is 4. The monoisotopic (exact) mass is 946 g/mol. The van der Waals surface area contributed by atoms with Crippen molar-refractivity contribution in [2.75, 3.05) is 0 Å². The molecule has 59 heavy (non-hydrogen) atoms. The largest absolute Gasteiger partial charge is 0.354 e. The van der Waals surface area contributed by atoms with Gasteiger partial charge in [0.15, 0.2) is 0 Å². The third-order valence-corrected chi connectivity index (χ3v) is 12.2. The third kappa shape index (κ3) is 8.57. The Hall–Kier alpha value is -4.94. The second kappa shape index (κ2) is 18.1. The van der Waals surface area contributed by atoms with Crippen LogP contribution in [0.15, 0.2) is 130 Å². The van der Waals surface area contributed by atoms with Gasteiger partial charge >= 0.3 is 0 Å². The van der Waals surface area contributed by atoms with Crippen molar-refractivity contribution in [1.29, 1.82) is 0 Å². The van der Waals surface area contributed by atoms with Crippen molar-refractivity contribution in [1.82, 2.24) is 19.9 Å². The van der Waals surface area contributed by atoms with Crippen LogP contribution in [0.2, 0.25) is 0 Å². The molecule has 8 bridgehead atoms. The fourth-order valence-corrected chi connectivity index (χ4v) is 8.62. The molecule has 4 nitrogen and oxygen atoms in total. The number of unbranched alkanes of at least 4 members (excludes halogenated alkanes) is 2. The number of aryl methyl sites for hydroxylation is 2. The van der Waals surface area contributed by atoms with Gasteiger partial charge in [0.05, 0.1) is 22.8 Å². The number of rotatable bonds is 10. The minimum Gasteiger partial charge on any atom is -0.354 e. The van der Waals surface area contributed by atoms with Crippen molar-refractivity contribution < 1.29 is 19.5 Å². The third-order valence-electron chi connectivity index (χ3n) is 11.1. The molecule has 2 aliphatic rings. The Kier molecular flexibility index (Phi) is 12.5. The molecular formula is C52H44Br2N4Zn. The van der Waals surface area contributed by atoms with E-state index in [1.807, 2.05) is 0 Å². The van der Waals surface area contributed by atoms with E-state index in [0.29, 0.717) is 0 Å². The van der Waals surface area contributed by atoms with E-state index < -0.39 is 0 Å². The average molecular weight is 950 g/mol. The van der Waals surface area contributed by atoms with Crippen LogP contribution in [-0.2, 0) is 32.3 Å². The number of hydrogen-bond acceptors (Lipinski definition) is 2. The van der Waals surface area contributed by atoms with E-state index in [1.165, 1.54) is 36.8 Å². The molecular weight excluding hydrogens is 906 g/mol. The summed E-state index contributed by atoms with van der Waals surface area (Å²) in [5.41, 5.74) is 18.9. The number of aromatic amines is 2. The molecule has 0 radical (unpaired) electrons. The summed E-state index contributed by atoms with van der Waals surface area (Å²) < 4.78 is 2.06. The van der Waals surface area contributed by atoms with Gasteiger partial charge in [-0.2, -0.15) is 0 Å². The Labute approximate surface area is 376 Å². The molecule has 7 heteroatoms. The van der Waals surface area contributed by atoms with E-state index in [4.69, 9.17) is 9.97 Å². The van der Waals surface area contributed by atoms with Gasteiger partial charge < -0.3 is 9.97 Å². The second-order valence-electron chi connectivity index (χ2n) is 15.1. The fraction of sp³-hybridized carbons (Fsp3) is 0.154. The number of hydrogen-bond donors (Lipinski definition) is 2. The summed E-state index contributed by atoms with van der Waals surface area (Å²) >= 11 is 7.33. The molecule has 0 saturated carbocycles. The Morgan fingerprint density at radius 1 is 0.390 bits per heavy atom. The zero-order chi connectivity index (χ0) is 39.6. The summed E-state index contributed by atoms with van der Waals surface area (Å²) in [5.74, 6) is 0. The van der Waals surface area contributed by atoms with Gasteiger partial charge in [-0.1, -0.05) is 131 Å². The molecule has 0 aliphatic carbocycles. The molecule has 3 aromatic heterocycles. The SMILES string of the molecule is CCCCc1ccc(-c2c3nc(c(-c4ccc(Br)cc4)c4ccc([nH]4)c(-c4ccc(CCCC)cc4)c4nc(c(-c5ccc(Br)cc5)c5ccc2[nH]5)C=C4)C=C3)cc1.[Zn]. The summed E-state index contributed by atoms with van der Waals surface area (Å²) in [6, 6.07) is 43.9. The van der Waals surface area contributed by atoms with Gasteiger partial charge in [0.1, 0.15) is 0 Å². The van der Waals surface area contributed by atoms with Crippen molar-refractivity contribution in [2.45, 2.75) is 52.4 Å². The quantitative estimate of drug-likeness (QED) is 0.134. The summed E-state index contributed by atoms with van der Waals surface area (Å²) in [7, 11) is 0. The van der Waals surface area contributed by atoms with Crippen LogP contribution in [0.3, 0.4) is 0 Å². The maximum atomic E-state index is 5.47. The van der Waals surface area contributed by atoms with Crippen LogP contribution in [-0.4, -0.2) is 19.9 Å². The fourth-order valence-electron chi connectivity index (χ4n) is 8.09. The summed E-state index contributed by atoms with van der Waals surface area (Å²) in [6.07, 6.45) is 15.5. The first-order chi connectivity index (χ1) is 28.4. The summed E-state index contributed by atoms with van der Waals surface area (Å²) in [6.45, 7) is 4.49. The maximum Gasteiger partial charge on any atom is 0.0737 e. The Morgan fingerprint density at radius 3 is 0.932 bits per heavy atom. The van der Waals surface area contributed by atoms with Crippen LogP contribution in [0, 0.1) is 0 Å². The number of H-pyrrole nitrogens is 2. The molecule has 0 fully saturated rings. The summed E-state index contributed by atoms with van der Waals surface area (Å²) in [5, 5.41) is 0. The zero-order valence-corrected chi connectivity index (χ0v) is 39.6. The minimum atomic E-state index is 0. The molecule has 0 atom stereocenters. The van der Waals surface area contributed by atoms with Gasteiger partial charge in [0.2, 0.25) is 0 Å².